The van der Waals surface area contributed by atoms with E-state index in [-0.39, 0.29) is 5.69 Å². The topological polar surface area (TPSA) is 66.0 Å². The first-order valence-corrected chi connectivity index (χ1v) is 5.97. The van der Waals surface area contributed by atoms with Gasteiger partial charge in [0.25, 0.3) is 0 Å². The third-order valence-corrected chi connectivity index (χ3v) is 2.93. The minimum atomic E-state index is -0.995. The number of rotatable bonds is 4. The summed E-state index contributed by atoms with van der Waals surface area (Å²) < 4.78 is 0. The molecule has 0 radical (unpaired) electrons. The Morgan fingerprint density at radius 3 is 2.61 bits per heavy atom. The lowest BCUT2D eigenvalue weighted by Gasteiger charge is -2.01. The van der Waals surface area contributed by atoms with Crippen LogP contribution in [0.5, 0.6) is 0 Å². The van der Waals surface area contributed by atoms with Crippen LogP contribution in [0.2, 0.25) is 5.02 Å². The third-order valence-electron chi connectivity index (χ3n) is 2.68. The van der Waals surface area contributed by atoms with Crippen LogP contribution in [0.15, 0.2) is 24.3 Å². The molecule has 0 aliphatic carbocycles. The highest BCUT2D eigenvalue weighted by atomic mass is 35.5. The molecule has 2 rings (SSSR count). The van der Waals surface area contributed by atoms with Crippen LogP contribution in [-0.2, 0) is 12.8 Å². The van der Waals surface area contributed by atoms with Crippen molar-refractivity contribution in [2.24, 2.45) is 0 Å². The van der Waals surface area contributed by atoms with Crippen molar-refractivity contribution in [1.82, 2.24) is 9.97 Å². The van der Waals surface area contributed by atoms with E-state index in [1.165, 1.54) is 0 Å². The summed E-state index contributed by atoms with van der Waals surface area (Å²) >= 11 is 5.81. The molecule has 0 unspecified atom stereocenters. The Balaban J connectivity index is 2.10. The van der Waals surface area contributed by atoms with Gasteiger partial charge in [-0.05, 0) is 37.5 Å². The molecule has 18 heavy (non-hydrogen) atoms. The fourth-order valence-electron chi connectivity index (χ4n) is 1.82. The second-order valence-electron chi connectivity index (χ2n) is 4.08. The van der Waals surface area contributed by atoms with Crippen LogP contribution in [0.25, 0.3) is 0 Å². The van der Waals surface area contributed by atoms with Gasteiger partial charge in [-0.15, -0.1) is 0 Å². The standard InChI is InChI=1S/C13H13ClN2O2/c1-8-15-11(12(16-8)13(17)18)7-4-9-2-5-10(14)6-3-9/h2-3,5-6H,4,7H2,1H3,(H,15,16)(H,17,18). The smallest absolute Gasteiger partial charge is 0.356 e. The molecule has 2 aromatic rings. The van der Waals surface area contributed by atoms with Crippen molar-refractivity contribution < 1.29 is 9.90 Å². The van der Waals surface area contributed by atoms with Gasteiger partial charge in [0.1, 0.15) is 5.82 Å². The molecule has 2 N–H and O–H groups in total. The monoisotopic (exact) mass is 264 g/mol. The Morgan fingerprint density at radius 2 is 2.00 bits per heavy atom. The lowest BCUT2D eigenvalue weighted by atomic mass is 10.1. The number of carboxylic acid groups (broad SMARTS) is 1. The van der Waals surface area contributed by atoms with Gasteiger partial charge in [-0.1, -0.05) is 23.7 Å². The number of hydrogen-bond acceptors (Lipinski definition) is 2. The zero-order valence-corrected chi connectivity index (χ0v) is 10.7. The minimum Gasteiger partial charge on any atom is -0.476 e. The number of aryl methyl sites for hydroxylation is 3. The number of imidazole rings is 1. The lowest BCUT2D eigenvalue weighted by Crippen LogP contribution is -2.03. The third kappa shape index (κ3) is 2.90. The highest BCUT2D eigenvalue weighted by molar-refractivity contribution is 6.30. The quantitative estimate of drug-likeness (QED) is 0.892. The maximum absolute atomic E-state index is 11.0. The van der Waals surface area contributed by atoms with Crippen LogP contribution in [0.4, 0.5) is 0 Å². The average molecular weight is 265 g/mol. The molecule has 1 aromatic heterocycles. The molecule has 4 nitrogen and oxygen atoms in total. The fraction of sp³-hybridized carbons (Fsp3) is 0.231. The molecule has 0 bridgehead atoms. The van der Waals surface area contributed by atoms with Crippen LogP contribution in [0.3, 0.4) is 0 Å². The van der Waals surface area contributed by atoms with E-state index in [0.29, 0.717) is 23.0 Å². The highest BCUT2D eigenvalue weighted by Crippen LogP contribution is 2.13. The predicted molar refractivity (Wildman–Crippen MR) is 69.1 cm³/mol. The number of aromatic carboxylic acids is 1. The Hall–Kier alpha value is -1.81. The number of hydrogen-bond donors (Lipinski definition) is 2. The number of carbonyl (C=O) groups is 1. The van der Waals surface area contributed by atoms with E-state index in [1.807, 2.05) is 24.3 Å². The number of carboxylic acids is 1. The Labute approximate surface area is 110 Å². The molecule has 0 saturated heterocycles. The van der Waals surface area contributed by atoms with Gasteiger partial charge in [-0.25, -0.2) is 9.78 Å². The first-order valence-electron chi connectivity index (χ1n) is 5.59. The van der Waals surface area contributed by atoms with Gasteiger partial charge in [0, 0.05) is 10.7 Å². The summed E-state index contributed by atoms with van der Waals surface area (Å²) in [6.07, 6.45) is 1.36. The zero-order chi connectivity index (χ0) is 13.1. The van der Waals surface area contributed by atoms with E-state index in [4.69, 9.17) is 16.7 Å². The second kappa shape index (κ2) is 5.23. The van der Waals surface area contributed by atoms with Crippen molar-refractivity contribution in [1.29, 1.82) is 0 Å². The van der Waals surface area contributed by atoms with Gasteiger partial charge in [0.05, 0.1) is 0 Å². The summed E-state index contributed by atoms with van der Waals surface area (Å²) in [6, 6.07) is 7.53. The lowest BCUT2D eigenvalue weighted by molar-refractivity contribution is 0.0689. The van der Waals surface area contributed by atoms with Crippen LogP contribution in [0, 0.1) is 6.92 Å². The van der Waals surface area contributed by atoms with Crippen molar-refractivity contribution >= 4 is 17.6 Å². The molecule has 0 fully saturated rings. The van der Waals surface area contributed by atoms with E-state index >= 15 is 0 Å². The van der Waals surface area contributed by atoms with Crippen molar-refractivity contribution in [2.75, 3.05) is 0 Å². The molecule has 5 heteroatoms. The van der Waals surface area contributed by atoms with Gasteiger partial charge in [-0.2, -0.15) is 0 Å². The van der Waals surface area contributed by atoms with Crippen LogP contribution in [0.1, 0.15) is 27.6 Å². The molecule has 0 aliphatic heterocycles. The Morgan fingerprint density at radius 1 is 1.33 bits per heavy atom. The summed E-state index contributed by atoms with van der Waals surface area (Å²) in [4.78, 5) is 17.9. The normalized spacial score (nSPS) is 10.6. The van der Waals surface area contributed by atoms with Crippen molar-refractivity contribution in [3.8, 4) is 0 Å². The Kier molecular flexibility index (Phi) is 3.67. The van der Waals surface area contributed by atoms with E-state index in [2.05, 4.69) is 9.97 Å². The number of H-pyrrole nitrogens is 1. The molecule has 94 valence electrons. The molecular weight excluding hydrogens is 252 g/mol. The minimum absolute atomic E-state index is 0.112. The van der Waals surface area contributed by atoms with E-state index in [9.17, 15) is 4.79 Å². The molecule has 0 aliphatic rings. The SMILES string of the molecule is Cc1nc(C(=O)O)c(CCc2ccc(Cl)cc2)[nH]1. The number of benzene rings is 1. The van der Waals surface area contributed by atoms with Gasteiger partial charge in [0.15, 0.2) is 5.69 Å². The summed E-state index contributed by atoms with van der Waals surface area (Å²) in [6.45, 7) is 1.75. The van der Waals surface area contributed by atoms with Crippen molar-refractivity contribution in [2.45, 2.75) is 19.8 Å². The molecule has 0 atom stereocenters. The van der Waals surface area contributed by atoms with Gasteiger partial charge >= 0.3 is 5.97 Å². The van der Waals surface area contributed by atoms with Crippen LogP contribution >= 0.6 is 11.6 Å². The van der Waals surface area contributed by atoms with E-state index in [0.717, 1.165) is 12.0 Å². The second-order valence-corrected chi connectivity index (χ2v) is 4.52. The maximum atomic E-state index is 11.0. The number of halogens is 1. The van der Waals surface area contributed by atoms with Crippen molar-refractivity contribution in [3.63, 3.8) is 0 Å². The molecule has 0 amide bonds. The number of nitrogens with zero attached hydrogens (tertiary/aromatic N) is 1. The van der Waals surface area contributed by atoms with Crippen LogP contribution < -0.4 is 0 Å². The summed E-state index contributed by atoms with van der Waals surface area (Å²) in [5, 5.41) is 9.71. The largest absolute Gasteiger partial charge is 0.476 e. The van der Waals surface area contributed by atoms with E-state index in [1.54, 1.807) is 6.92 Å². The first kappa shape index (κ1) is 12.6. The molecule has 1 aromatic carbocycles. The predicted octanol–water partition coefficient (Wildman–Crippen LogP) is 2.85. The summed E-state index contributed by atoms with van der Waals surface area (Å²) in [5.41, 5.74) is 1.89. The molecular formula is C13H13ClN2O2. The first-order chi connectivity index (χ1) is 8.56. The summed E-state index contributed by atoms with van der Waals surface area (Å²) in [5.74, 6) is -0.371. The molecule has 0 spiro atoms. The number of aromatic amines is 1. The van der Waals surface area contributed by atoms with Crippen LogP contribution in [-0.4, -0.2) is 21.0 Å². The Bertz CT molecular complexity index is 561. The number of aromatic nitrogens is 2. The fourth-order valence-corrected chi connectivity index (χ4v) is 1.94. The van der Waals surface area contributed by atoms with Crippen molar-refractivity contribution in [3.05, 3.63) is 52.1 Å². The van der Waals surface area contributed by atoms with Gasteiger partial charge in [0.2, 0.25) is 0 Å². The highest BCUT2D eigenvalue weighted by Gasteiger charge is 2.14. The average Bonchev–Trinajstić information content (AvgIpc) is 2.70. The summed E-state index contributed by atoms with van der Waals surface area (Å²) in [7, 11) is 0. The van der Waals surface area contributed by atoms with Gasteiger partial charge < -0.3 is 10.1 Å². The zero-order valence-electron chi connectivity index (χ0n) is 9.90. The maximum Gasteiger partial charge on any atom is 0.356 e. The molecule has 1 heterocycles. The molecule has 0 saturated carbocycles. The number of nitrogens with one attached hydrogen (secondary N) is 1. The van der Waals surface area contributed by atoms with Gasteiger partial charge in [-0.3, -0.25) is 0 Å². The van der Waals surface area contributed by atoms with E-state index < -0.39 is 5.97 Å².